The van der Waals surface area contributed by atoms with E-state index in [-0.39, 0.29) is 0 Å². The number of hydrogen-bond donors (Lipinski definition) is 0. The maximum atomic E-state index is 11.0. The molecule has 0 saturated heterocycles. The second-order valence-corrected chi connectivity index (χ2v) is 4.13. The summed E-state index contributed by atoms with van der Waals surface area (Å²) in [5, 5.41) is 8.18. The summed E-state index contributed by atoms with van der Waals surface area (Å²) >= 11 is 0. The molecule has 0 aromatic carbocycles. The van der Waals surface area contributed by atoms with Crippen LogP contribution in [0.5, 0.6) is 0 Å². The van der Waals surface area contributed by atoms with E-state index in [1.54, 1.807) is 0 Å². The standard InChI is InChI=1S/C11H17N3O/c1-2-10-11(8-15)14(13-12-10)9-6-4-3-5-7-9/h8-9H,2-7H2,1H3. The third-order valence-corrected chi connectivity index (χ3v) is 3.17. The zero-order chi connectivity index (χ0) is 10.7. The van der Waals surface area contributed by atoms with E-state index < -0.39 is 0 Å². The maximum Gasteiger partial charge on any atom is 0.170 e. The molecule has 1 saturated carbocycles. The van der Waals surface area contributed by atoms with Gasteiger partial charge in [-0.05, 0) is 19.3 Å². The molecule has 1 aliphatic rings. The van der Waals surface area contributed by atoms with Crippen molar-refractivity contribution in [2.75, 3.05) is 0 Å². The van der Waals surface area contributed by atoms with Crippen LogP contribution in [0.4, 0.5) is 0 Å². The van der Waals surface area contributed by atoms with Gasteiger partial charge >= 0.3 is 0 Å². The number of nitrogens with zero attached hydrogens (tertiary/aromatic N) is 3. The van der Waals surface area contributed by atoms with Crippen LogP contribution in [-0.2, 0) is 6.42 Å². The Labute approximate surface area is 89.7 Å². The van der Waals surface area contributed by atoms with E-state index in [9.17, 15) is 4.79 Å². The van der Waals surface area contributed by atoms with E-state index in [1.165, 1.54) is 19.3 Å². The molecule has 1 aromatic heterocycles. The van der Waals surface area contributed by atoms with Gasteiger partial charge in [0.05, 0.1) is 11.7 Å². The van der Waals surface area contributed by atoms with E-state index >= 15 is 0 Å². The first-order valence-corrected chi connectivity index (χ1v) is 5.76. The van der Waals surface area contributed by atoms with Crippen LogP contribution >= 0.6 is 0 Å². The molecule has 0 radical (unpaired) electrons. The molecule has 1 fully saturated rings. The van der Waals surface area contributed by atoms with E-state index in [0.29, 0.717) is 11.7 Å². The smallest absolute Gasteiger partial charge is 0.170 e. The minimum absolute atomic E-state index is 0.395. The lowest BCUT2D eigenvalue weighted by molar-refractivity contribution is 0.110. The lowest BCUT2D eigenvalue weighted by atomic mass is 9.95. The van der Waals surface area contributed by atoms with Crippen LogP contribution in [0.1, 0.15) is 61.3 Å². The van der Waals surface area contributed by atoms with Crippen LogP contribution in [0.3, 0.4) is 0 Å². The Bertz CT molecular complexity index is 340. The predicted octanol–water partition coefficient (Wildman–Crippen LogP) is 2.16. The first-order valence-electron chi connectivity index (χ1n) is 5.76. The summed E-state index contributed by atoms with van der Waals surface area (Å²) in [6, 6.07) is 0.395. The third kappa shape index (κ3) is 1.94. The molecule has 0 aliphatic heterocycles. The van der Waals surface area contributed by atoms with Crippen LogP contribution in [0.2, 0.25) is 0 Å². The highest BCUT2D eigenvalue weighted by Gasteiger charge is 2.20. The second kappa shape index (κ2) is 4.55. The first kappa shape index (κ1) is 10.3. The molecule has 1 heterocycles. The summed E-state index contributed by atoms with van der Waals surface area (Å²) in [6.07, 6.45) is 7.73. The molecule has 15 heavy (non-hydrogen) atoms. The average Bonchev–Trinajstić information content (AvgIpc) is 2.72. The van der Waals surface area contributed by atoms with Crippen molar-refractivity contribution in [1.29, 1.82) is 0 Å². The zero-order valence-electron chi connectivity index (χ0n) is 9.15. The molecule has 82 valence electrons. The molecule has 4 nitrogen and oxygen atoms in total. The molecule has 0 N–H and O–H groups in total. The molecular weight excluding hydrogens is 190 g/mol. The highest BCUT2D eigenvalue weighted by Crippen LogP contribution is 2.28. The summed E-state index contributed by atoms with van der Waals surface area (Å²) in [6.45, 7) is 2.00. The zero-order valence-corrected chi connectivity index (χ0v) is 9.15. The van der Waals surface area contributed by atoms with Gasteiger partial charge in [0.2, 0.25) is 0 Å². The van der Waals surface area contributed by atoms with Crippen LogP contribution < -0.4 is 0 Å². The van der Waals surface area contributed by atoms with Crippen molar-refractivity contribution >= 4 is 6.29 Å². The average molecular weight is 207 g/mol. The van der Waals surface area contributed by atoms with Gasteiger partial charge in [0.15, 0.2) is 6.29 Å². The van der Waals surface area contributed by atoms with Crippen LogP contribution in [0.15, 0.2) is 0 Å². The Morgan fingerprint density at radius 1 is 1.40 bits per heavy atom. The fraction of sp³-hybridized carbons (Fsp3) is 0.727. The van der Waals surface area contributed by atoms with Crippen molar-refractivity contribution in [3.8, 4) is 0 Å². The molecule has 0 atom stereocenters. The van der Waals surface area contributed by atoms with Crippen molar-refractivity contribution in [3.63, 3.8) is 0 Å². The molecule has 0 bridgehead atoms. The van der Waals surface area contributed by atoms with Gasteiger partial charge in [-0.25, -0.2) is 4.68 Å². The van der Waals surface area contributed by atoms with E-state index in [4.69, 9.17) is 0 Å². The Hall–Kier alpha value is -1.19. The molecule has 0 spiro atoms. The number of aryl methyl sites for hydroxylation is 1. The topological polar surface area (TPSA) is 47.8 Å². The van der Waals surface area contributed by atoms with Crippen LogP contribution in [0.25, 0.3) is 0 Å². The predicted molar refractivity (Wildman–Crippen MR) is 56.9 cm³/mol. The van der Waals surface area contributed by atoms with Crippen molar-refractivity contribution in [1.82, 2.24) is 15.0 Å². The van der Waals surface area contributed by atoms with E-state index in [2.05, 4.69) is 10.3 Å². The first-order chi connectivity index (χ1) is 7.36. The summed E-state index contributed by atoms with van der Waals surface area (Å²) in [5.41, 5.74) is 1.51. The third-order valence-electron chi connectivity index (χ3n) is 3.17. The number of aromatic nitrogens is 3. The van der Waals surface area contributed by atoms with Crippen molar-refractivity contribution in [3.05, 3.63) is 11.4 Å². The monoisotopic (exact) mass is 207 g/mol. The highest BCUT2D eigenvalue weighted by molar-refractivity contribution is 5.73. The second-order valence-electron chi connectivity index (χ2n) is 4.13. The number of carbonyl (C=O) groups is 1. The normalized spacial score (nSPS) is 17.9. The number of rotatable bonds is 3. The van der Waals surface area contributed by atoms with E-state index in [0.717, 1.165) is 31.2 Å². The van der Waals surface area contributed by atoms with Gasteiger partial charge in [0, 0.05) is 0 Å². The Morgan fingerprint density at radius 2 is 2.13 bits per heavy atom. The summed E-state index contributed by atoms with van der Waals surface area (Å²) < 4.78 is 1.84. The summed E-state index contributed by atoms with van der Waals surface area (Å²) in [7, 11) is 0. The fourth-order valence-electron chi connectivity index (χ4n) is 2.30. The van der Waals surface area contributed by atoms with E-state index in [1.807, 2.05) is 11.6 Å². The largest absolute Gasteiger partial charge is 0.296 e. The van der Waals surface area contributed by atoms with Gasteiger partial charge < -0.3 is 0 Å². The molecule has 4 heteroatoms. The summed E-state index contributed by atoms with van der Waals surface area (Å²) in [5.74, 6) is 0. The molecule has 0 amide bonds. The molecule has 2 rings (SSSR count). The molecule has 1 aliphatic carbocycles. The van der Waals surface area contributed by atoms with Crippen molar-refractivity contribution < 1.29 is 4.79 Å². The Balaban J connectivity index is 2.25. The number of hydrogen-bond acceptors (Lipinski definition) is 3. The van der Waals surface area contributed by atoms with Crippen LogP contribution in [-0.4, -0.2) is 21.3 Å². The maximum absolute atomic E-state index is 11.0. The quantitative estimate of drug-likeness (QED) is 0.713. The SMILES string of the molecule is CCc1nnn(C2CCCCC2)c1C=O. The molecular formula is C11H17N3O. The molecule has 0 unspecified atom stereocenters. The fourth-order valence-corrected chi connectivity index (χ4v) is 2.30. The summed E-state index contributed by atoms with van der Waals surface area (Å²) in [4.78, 5) is 11.0. The van der Waals surface area contributed by atoms with Gasteiger partial charge in [-0.1, -0.05) is 31.4 Å². The number of aldehydes is 1. The van der Waals surface area contributed by atoms with Crippen molar-refractivity contribution in [2.45, 2.75) is 51.5 Å². The number of carbonyl (C=O) groups excluding carboxylic acids is 1. The highest BCUT2D eigenvalue weighted by atomic mass is 16.1. The Morgan fingerprint density at radius 3 is 2.73 bits per heavy atom. The van der Waals surface area contributed by atoms with Gasteiger partial charge in [0.1, 0.15) is 5.69 Å². The lowest BCUT2D eigenvalue weighted by Crippen LogP contribution is -2.16. The van der Waals surface area contributed by atoms with Gasteiger partial charge in [-0.15, -0.1) is 5.10 Å². The van der Waals surface area contributed by atoms with Crippen molar-refractivity contribution in [2.24, 2.45) is 0 Å². The lowest BCUT2D eigenvalue weighted by Gasteiger charge is -2.22. The minimum atomic E-state index is 0.395. The van der Waals surface area contributed by atoms with Gasteiger partial charge in [-0.2, -0.15) is 0 Å². The van der Waals surface area contributed by atoms with Gasteiger partial charge in [0.25, 0.3) is 0 Å². The van der Waals surface area contributed by atoms with Gasteiger partial charge in [-0.3, -0.25) is 4.79 Å². The minimum Gasteiger partial charge on any atom is -0.296 e. The van der Waals surface area contributed by atoms with Crippen LogP contribution in [0, 0.1) is 0 Å². The molecule has 1 aromatic rings. The Kier molecular flexibility index (Phi) is 3.14.